The molecule has 0 unspecified atom stereocenters. The molecule has 0 amide bonds. The van der Waals surface area contributed by atoms with E-state index in [1.54, 1.807) is 13.8 Å². The number of rotatable bonds is 3. The van der Waals surface area contributed by atoms with Crippen LogP contribution in [0.5, 0.6) is 0 Å². The summed E-state index contributed by atoms with van der Waals surface area (Å²) < 4.78 is 4.78. The molecule has 0 saturated carbocycles. The van der Waals surface area contributed by atoms with Gasteiger partial charge in [0.25, 0.3) is 5.56 Å². The lowest BCUT2D eigenvalue weighted by molar-refractivity contribution is -0.136. The molecule has 0 bridgehead atoms. The summed E-state index contributed by atoms with van der Waals surface area (Å²) in [6.45, 7) is 4.77. The zero-order chi connectivity index (χ0) is 13.0. The molecule has 1 heterocycles. The van der Waals surface area contributed by atoms with Crippen LogP contribution in [0.15, 0.2) is 16.6 Å². The van der Waals surface area contributed by atoms with Gasteiger partial charge in [0.1, 0.15) is 11.3 Å². The van der Waals surface area contributed by atoms with Crippen LogP contribution in [0.25, 0.3) is 5.57 Å². The fraction of sp³-hybridized carbons (Fsp3) is 0.364. The molecule has 2 N–H and O–H groups in total. The molecule has 6 heteroatoms. The number of aryl methyl sites for hydroxylation is 1. The van der Waals surface area contributed by atoms with E-state index in [-0.39, 0.29) is 23.8 Å². The second-order valence-corrected chi connectivity index (χ2v) is 3.42. The zero-order valence-corrected chi connectivity index (χ0v) is 9.90. The van der Waals surface area contributed by atoms with E-state index >= 15 is 0 Å². The number of aromatic nitrogens is 2. The summed E-state index contributed by atoms with van der Waals surface area (Å²) in [5.74, 6) is -0.966. The van der Waals surface area contributed by atoms with Crippen LogP contribution >= 0.6 is 0 Å². The number of hydrogen-bond acceptors (Lipinski definition) is 5. The monoisotopic (exact) mass is 238 g/mol. The Labute approximate surface area is 98.0 Å². The van der Waals surface area contributed by atoms with Crippen LogP contribution in [-0.4, -0.2) is 27.7 Å². The molecule has 1 aromatic rings. The van der Waals surface area contributed by atoms with Crippen molar-refractivity contribution in [3.05, 3.63) is 33.7 Å². The number of nitrogens with one attached hydrogen (secondary N) is 1. The molecular weight excluding hydrogens is 224 g/mol. The number of carbonyl (C=O) groups is 1. The Bertz CT molecular complexity index is 512. The maximum Gasteiger partial charge on any atom is 0.345 e. The molecule has 0 aromatic carbocycles. The first kappa shape index (κ1) is 13.0. The molecule has 0 aliphatic heterocycles. The van der Waals surface area contributed by atoms with Gasteiger partial charge in [-0.25, -0.2) is 9.78 Å². The Hall–Kier alpha value is -2.11. The summed E-state index contributed by atoms with van der Waals surface area (Å²) in [4.78, 5) is 29.2. The van der Waals surface area contributed by atoms with Crippen molar-refractivity contribution in [1.82, 2.24) is 9.97 Å². The topological polar surface area (TPSA) is 92.3 Å². The van der Waals surface area contributed by atoms with E-state index in [0.29, 0.717) is 5.69 Å². The molecule has 6 nitrogen and oxygen atoms in total. The number of allylic oxidation sites excluding steroid dienone is 1. The number of H-pyrrole nitrogens is 1. The molecule has 0 spiro atoms. The highest BCUT2D eigenvalue weighted by molar-refractivity contribution is 6.15. The average molecular weight is 238 g/mol. The van der Waals surface area contributed by atoms with Gasteiger partial charge < -0.3 is 14.8 Å². The second-order valence-electron chi connectivity index (χ2n) is 3.42. The summed E-state index contributed by atoms with van der Waals surface area (Å²) >= 11 is 0. The van der Waals surface area contributed by atoms with E-state index in [9.17, 15) is 14.7 Å². The lowest BCUT2D eigenvalue weighted by Gasteiger charge is -2.07. The third kappa shape index (κ3) is 3.17. The number of carbonyl (C=O) groups excluding carboxylic acids is 1. The smallest absolute Gasteiger partial charge is 0.345 e. The first-order valence-electron chi connectivity index (χ1n) is 5.11. The molecule has 92 valence electrons. The molecule has 0 aliphatic carbocycles. The molecule has 0 atom stereocenters. The van der Waals surface area contributed by atoms with Crippen molar-refractivity contribution in [2.45, 2.75) is 20.8 Å². The van der Waals surface area contributed by atoms with Gasteiger partial charge in [-0.15, -0.1) is 0 Å². The fourth-order valence-corrected chi connectivity index (χ4v) is 1.32. The minimum Gasteiger partial charge on any atom is -0.512 e. The Balaban J connectivity index is 3.30. The molecule has 1 rings (SSSR count). The average Bonchev–Trinajstić information content (AvgIpc) is 2.15. The third-order valence-electron chi connectivity index (χ3n) is 1.95. The van der Waals surface area contributed by atoms with E-state index in [1.807, 2.05) is 0 Å². The molecule has 0 fully saturated rings. The van der Waals surface area contributed by atoms with Crippen molar-refractivity contribution in [1.29, 1.82) is 0 Å². The van der Waals surface area contributed by atoms with Crippen LogP contribution in [0.3, 0.4) is 0 Å². The fourth-order valence-electron chi connectivity index (χ4n) is 1.32. The summed E-state index contributed by atoms with van der Waals surface area (Å²) in [5, 5.41) is 9.46. The number of hydrogen-bond donors (Lipinski definition) is 2. The highest BCUT2D eigenvalue weighted by Crippen LogP contribution is 2.14. The largest absolute Gasteiger partial charge is 0.512 e. The molecule has 17 heavy (non-hydrogen) atoms. The predicted molar refractivity (Wildman–Crippen MR) is 61.5 cm³/mol. The van der Waals surface area contributed by atoms with E-state index in [0.717, 1.165) is 0 Å². The predicted octanol–water partition coefficient (Wildman–Crippen LogP) is 0.930. The van der Waals surface area contributed by atoms with Crippen molar-refractivity contribution in [3.8, 4) is 0 Å². The molecule has 0 radical (unpaired) electrons. The Morgan fingerprint density at radius 2 is 2.24 bits per heavy atom. The van der Waals surface area contributed by atoms with Crippen LogP contribution in [-0.2, 0) is 9.53 Å². The number of nitrogens with zero attached hydrogens (tertiary/aromatic N) is 1. The zero-order valence-electron chi connectivity index (χ0n) is 9.90. The van der Waals surface area contributed by atoms with Gasteiger partial charge in [-0.2, -0.15) is 0 Å². The molecular formula is C11H14N2O4. The number of aliphatic hydroxyl groups is 1. The van der Waals surface area contributed by atoms with E-state index in [1.165, 1.54) is 13.0 Å². The van der Waals surface area contributed by atoms with E-state index < -0.39 is 11.5 Å². The summed E-state index contributed by atoms with van der Waals surface area (Å²) in [6.07, 6.45) is 0. The van der Waals surface area contributed by atoms with Crippen molar-refractivity contribution >= 4 is 11.5 Å². The summed E-state index contributed by atoms with van der Waals surface area (Å²) in [6, 6.07) is 1.29. The number of esters is 1. The van der Waals surface area contributed by atoms with Crippen molar-refractivity contribution in [3.63, 3.8) is 0 Å². The Morgan fingerprint density at radius 1 is 1.59 bits per heavy atom. The van der Waals surface area contributed by atoms with Gasteiger partial charge >= 0.3 is 5.97 Å². The van der Waals surface area contributed by atoms with Gasteiger partial charge in [0.2, 0.25) is 0 Å². The molecule has 0 saturated heterocycles. The van der Waals surface area contributed by atoms with Crippen LogP contribution < -0.4 is 5.56 Å². The van der Waals surface area contributed by atoms with Gasteiger partial charge in [-0.3, -0.25) is 4.79 Å². The minimum absolute atomic E-state index is 0.00782. The van der Waals surface area contributed by atoms with Gasteiger partial charge in [0.15, 0.2) is 5.82 Å². The molecule has 0 aliphatic rings. The summed E-state index contributed by atoms with van der Waals surface area (Å²) in [5.41, 5.74) is -0.0741. The van der Waals surface area contributed by atoms with Crippen molar-refractivity contribution < 1.29 is 14.6 Å². The van der Waals surface area contributed by atoms with E-state index in [2.05, 4.69) is 9.97 Å². The van der Waals surface area contributed by atoms with Gasteiger partial charge in [-0.05, 0) is 20.8 Å². The summed E-state index contributed by atoms with van der Waals surface area (Å²) in [7, 11) is 0. The second kappa shape index (κ2) is 5.29. The first-order chi connectivity index (χ1) is 7.95. The highest BCUT2D eigenvalue weighted by atomic mass is 16.5. The van der Waals surface area contributed by atoms with Gasteiger partial charge in [0, 0.05) is 11.8 Å². The van der Waals surface area contributed by atoms with Crippen molar-refractivity contribution in [2.75, 3.05) is 6.61 Å². The Kier molecular flexibility index (Phi) is 4.03. The van der Waals surface area contributed by atoms with Crippen LogP contribution in [0, 0.1) is 6.92 Å². The third-order valence-corrected chi connectivity index (χ3v) is 1.95. The maximum atomic E-state index is 11.6. The first-order valence-corrected chi connectivity index (χ1v) is 5.11. The van der Waals surface area contributed by atoms with Gasteiger partial charge in [0.05, 0.1) is 6.61 Å². The number of aromatic amines is 1. The normalized spacial score (nSPS) is 11.9. The van der Waals surface area contributed by atoms with Crippen LogP contribution in [0.1, 0.15) is 25.4 Å². The highest BCUT2D eigenvalue weighted by Gasteiger charge is 2.19. The molecule has 1 aromatic heterocycles. The quantitative estimate of drug-likeness (QED) is 0.464. The minimum atomic E-state index is -0.721. The van der Waals surface area contributed by atoms with Crippen LogP contribution in [0.4, 0.5) is 0 Å². The standard InChI is InChI=1S/C11H14N2O4/c1-4-17-11(16)9(7(3)14)10-12-6(2)5-8(15)13-10/h5,14H,4H2,1-3H3,(H,12,13,15). The number of ether oxygens (including phenoxy) is 1. The SMILES string of the molecule is CCOC(=O)C(=C(C)O)c1nc(C)cc(=O)[nH]1. The number of aliphatic hydroxyl groups excluding tert-OH is 1. The lowest BCUT2D eigenvalue weighted by Crippen LogP contribution is -2.17. The van der Waals surface area contributed by atoms with Crippen LogP contribution in [0.2, 0.25) is 0 Å². The Morgan fingerprint density at radius 3 is 2.71 bits per heavy atom. The maximum absolute atomic E-state index is 11.6. The van der Waals surface area contributed by atoms with E-state index in [4.69, 9.17) is 4.74 Å². The lowest BCUT2D eigenvalue weighted by atomic mass is 10.2. The van der Waals surface area contributed by atoms with Gasteiger partial charge in [-0.1, -0.05) is 0 Å². The van der Waals surface area contributed by atoms with Crippen molar-refractivity contribution in [2.24, 2.45) is 0 Å².